The lowest BCUT2D eigenvalue weighted by atomic mass is 9.92. The van der Waals surface area contributed by atoms with Crippen molar-refractivity contribution in [3.63, 3.8) is 0 Å². The fourth-order valence-corrected chi connectivity index (χ4v) is 4.22. The molecule has 34 heavy (non-hydrogen) atoms. The van der Waals surface area contributed by atoms with Crippen LogP contribution in [-0.4, -0.2) is 45.8 Å². The number of nitrogens with zero attached hydrogens (tertiary/aromatic N) is 3. The zero-order valence-corrected chi connectivity index (χ0v) is 19.5. The lowest BCUT2D eigenvalue weighted by Gasteiger charge is -2.36. The van der Waals surface area contributed by atoms with Gasteiger partial charge in [-0.05, 0) is 13.0 Å². The molecule has 5 rings (SSSR count). The number of nitrogens with one attached hydrogen (secondary N) is 2. The van der Waals surface area contributed by atoms with E-state index in [1.807, 2.05) is 55.1 Å². The van der Waals surface area contributed by atoms with E-state index in [0.29, 0.717) is 19.0 Å². The van der Waals surface area contributed by atoms with E-state index < -0.39 is 6.29 Å². The van der Waals surface area contributed by atoms with Gasteiger partial charge in [0.25, 0.3) is 0 Å². The van der Waals surface area contributed by atoms with Gasteiger partial charge in [0.1, 0.15) is 0 Å². The summed E-state index contributed by atoms with van der Waals surface area (Å²) in [7, 11) is 0. The molecular formula is C27H31N5O2. The van der Waals surface area contributed by atoms with Crippen LogP contribution in [0.1, 0.15) is 25.5 Å². The number of aryl methyl sites for hydroxylation is 1. The fourth-order valence-electron chi connectivity index (χ4n) is 4.22. The summed E-state index contributed by atoms with van der Waals surface area (Å²) in [5.74, 6) is 0.702. The van der Waals surface area contributed by atoms with Crippen LogP contribution in [0.25, 0.3) is 22.5 Å². The quantitative estimate of drug-likeness (QED) is 0.357. The second-order valence-corrected chi connectivity index (χ2v) is 9.17. The van der Waals surface area contributed by atoms with E-state index in [2.05, 4.69) is 51.0 Å². The second-order valence-electron chi connectivity index (χ2n) is 9.17. The zero-order chi connectivity index (χ0) is 23.2. The van der Waals surface area contributed by atoms with Crippen molar-refractivity contribution >= 4 is 0 Å². The van der Waals surface area contributed by atoms with Gasteiger partial charge in [-0.15, -0.1) is 0 Å². The number of imidazole rings is 2. The van der Waals surface area contributed by atoms with E-state index in [1.165, 1.54) is 0 Å². The molecule has 176 valence electrons. The van der Waals surface area contributed by atoms with E-state index in [9.17, 15) is 0 Å². The highest BCUT2D eigenvalue weighted by atomic mass is 16.7. The first-order valence-corrected chi connectivity index (χ1v) is 11.8. The first kappa shape index (κ1) is 22.5. The minimum atomic E-state index is -0.505. The Morgan fingerprint density at radius 2 is 1.74 bits per heavy atom. The highest BCUT2D eigenvalue weighted by Crippen LogP contribution is 2.35. The van der Waals surface area contributed by atoms with Gasteiger partial charge in [0.05, 0.1) is 30.9 Å². The van der Waals surface area contributed by atoms with Crippen molar-refractivity contribution in [3.8, 4) is 22.5 Å². The standard InChI is InChI=1S/C27H31N5O2/c1-27(17-28-13-8-15-32-16-14-29-20-32)18-33-26(34-19-27)25-30-23(21-9-4-2-5-10-21)24(31-25)22-11-6-3-7-12-22/h2-7,9-12,14,16,20,26,28H,8,13,15,17-19H2,1H3,(H,30,31)/t26-,27+. The van der Waals surface area contributed by atoms with Crippen LogP contribution >= 0.6 is 0 Å². The number of aromatic amines is 1. The van der Waals surface area contributed by atoms with Crippen molar-refractivity contribution in [1.29, 1.82) is 0 Å². The molecule has 1 fully saturated rings. The van der Waals surface area contributed by atoms with E-state index in [4.69, 9.17) is 14.5 Å². The first-order chi connectivity index (χ1) is 16.7. The average molecular weight is 458 g/mol. The van der Waals surface area contributed by atoms with Crippen molar-refractivity contribution in [2.75, 3.05) is 26.3 Å². The summed E-state index contributed by atoms with van der Waals surface area (Å²) in [6.07, 6.45) is 6.20. The van der Waals surface area contributed by atoms with E-state index in [0.717, 1.165) is 48.6 Å². The molecule has 1 aliphatic rings. The molecule has 2 aromatic carbocycles. The Kier molecular flexibility index (Phi) is 6.85. The second kappa shape index (κ2) is 10.3. The average Bonchev–Trinajstić information content (AvgIpc) is 3.56. The van der Waals surface area contributed by atoms with Crippen LogP contribution < -0.4 is 5.32 Å². The van der Waals surface area contributed by atoms with Crippen LogP contribution in [-0.2, 0) is 16.0 Å². The number of hydrogen-bond donors (Lipinski definition) is 2. The molecule has 1 saturated heterocycles. The van der Waals surface area contributed by atoms with Gasteiger partial charge in [0.15, 0.2) is 5.82 Å². The largest absolute Gasteiger partial charge is 0.345 e. The third-order valence-electron chi connectivity index (χ3n) is 6.10. The van der Waals surface area contributed by atoms with Crippen LogP contribution in [0.5, 0.6) is 0 Å². The normalized spacial score (nSPS) is 20.4. The Labute approximate surface area is 200 Å². The molecule has 0 spiro atoms. The van der Waals surface area contributed by atoms with Crippen LogP contribution in [0.4, 0.5) is 0 Å². The molecular weight excluding hydrogens is 426 g/mol. The summed E-state index contributed by atoms with van der Waals surface area (Å²) in [6, 6.07) is 20.5. The molecule has 7 nitrogen and oxygen atoms in total. The zero-order valence-electron chi connectivity index (χ0n) is 19.5. The highest BCUT2D eigenvalue weighted by Gasteiger charge is 2.34. The minimum Gasteiger partial charge on any atom is -0.345 e. The van der Waals surface area contributed by atoms with Crippen LogP contribution in [0, 0.1) is 5.41 Å². The topological polar surface area (TPSA) is 77.0 Å². The molecule has 0 atom stereocenters. The number of ether oxygens (including phenoxy) is 2. The maximum Gasteiger partial charge on any atom is 0.217 e. The van der Waals surface area contributed by atoms with Gasteiger partial charge in [-0.25, -0.2) is 9.97 Å². The summed E-state index contributed by atoms with van der Waals surface area (Å²) in [5.41, 5.74) is 3.94. The van der Waals surface area contributed by atoms with Crippen molar-refractivity contribution in [2.45, 2.75) is 26.2 Å². The first-order valence-electron chi connectivity index (χ1n) is 11.8. The Bertz CT molecular complexity index is 1090. The third kappa shape index (κ3) is 5.28. The summed E-state index contributed by atoms with van der Waals surface area (Å²) in [5, 5.41) is 3.55. The molecule has 0 amide bonds. The van der Waals surface area contributed by atoms with Gasteiger partial charge < -0.3 is 24.3 Å². The molecule has 2 N–H and O–H groups in total. The van der Waals surface area contributed by atoms with E-state index >= 15 is 0 Å². The molecule has 0 bridgehead atoms. The van der Waals surface area contributed by atoms with Gasteiger partial charge in [-0.1, -0.05) is 67.6 Å². The third-order valence-corrected chi connectivity index (χ3v) is 6.10. The number of rotatable bonds is 9. The van der Waals surface area contributed by atoms with Crippen LogP contribution in [0.2, 0.25) is 0 Å². The number of benzene rings is 2. The van der Waals surface area contributed by atoms with Gasteiger partial charge in [-0.3, -0.25) is 0 Å². The number of hydrogen-bond acceptors (Lipinski definition) is 5. The van der Waals surface area contributed by atoms with Crippen LogP contribution in [0.3, 0.4) is 0 Å². The van der Waals surface area contributed by atoms with Crippen molar-refractivity contribution < 1.29 is 9.47 Å². The summed E-state index contributed by atoms with van der Waals surface area (Å²) in [4.78, 5) is 12.5. The molecule has 0 aliphatic carbocycles. The molecule has 2 aromatic heterocycles. The summed E-state index contributed by atoms with van der Waals surface area (Å²) >= 11 is 0. The lowest BCUT2D eigenvalue weighted by molar-refractivity contribution is -0.232. The van der Waals surface area contributed by atoms with Crippen molar-refractivity contribution in [2.24, 2.45) is 5.41 Å². The predicted molar refractivity (Wildman–Crippen MR) is 132 cm³/mol. The van der Waals surface area contributed by atoms with Crippen LogP contribution in [0.15, 0.2) is 79.4 Å². The van der Waals surface area contributed by atoms with Crippen molar-refractivity contribution in [3.05, 3.63) is 85.2 Å². The molecule has 0 radical (unpaired) electrons. The molecule has 0 unspecified atom stereocenters. The molecule has 7 heteroatoms. The highest BCUT2D eigenvalue weighted by molar-refractivity contribution is 5.78. The lowest BCUT2D eigenvalue weighted by Crippen LogP contribution is -2.44. The smallest absolute Gasteiger partial charge is 0.217 e. The van der Waals surface area contributed by atoms with Gasteiger partial charge in [0, 0.05) is 42.0 Å². The molecule has 1 aliphatic heterocycles. The van der Waals surface area contributed by atoms with Gasteiger partial charge in [0.2, 0.25) is 6.29 Å². The number of aromatic nitrogens is 4. The molecule has 4 aromatic rings. The maximum absolute atomic E-state index is 6.17. The SMILES string of the molecule is C[C@]1(CNCCCn2ccnc2)CO[C@@H](c2nc(-c3ccccc3)c(-c3ccccc3)[nH]2)OC1. The van der Waals surface area contributed by atoms with E-state index in [1.54, 1.807) is 0 Å². The fraction of sp³-hybridized carbons (Fsp3) is 0.333. The van der Waals surface area contributed by atoms with Crippen molar-refractivity contribution in [1.82, 2.24) is 24.8 Å². The molecule has 3 heterocycles. The van der Waals surface area contributed by atoms with E-state index in [-0.39, 0.29) is 5.41 Å². The Balaban J connectivity index is 1.22. The summed E-state index contributed by atoms with van der Waals surface area (Å²) < 4.78 is 14.4. The molecule has 0 saturated carbocycles. The Morgan fingerprint density at radius 1 is 1.03 bits per heavy atom. The summed E-state index contributed by atoms with van der Waals surface area (Å²) in [6.45, 7) is 6.15. The minimum absolute atomic E-state index is 0.0807. The van der Waals surface area contributed by atoms with Gasteiger partial charge >= 0.3 is 0 Å². The monoisotopic (exact) mass is 457 g/mol. The van der Waals surface area contributed by atoms with Gasteiger partial charge in [-0.2, -0.15) is 0 Å². The predicted octanol–water partition coefficient (Wildman–Crippen LogP) is 4.67. The number of H-pyrrole nitrogens is 1. The Morgan fingerprint density at radius 3 is 2.41 bits per heavy atom. The Hall–Kier alpha value is -3.26. The maximum atomic E-state index is 6.17.